The van der Waals surface area contributed by atoms with Gasteiger partial charge in [0.2, 0.25) is 0 Å². The van der Waals surface area contributed by atoms with Crippen LogP contribution in [0, 0.1) is 17.2 Å². The predicted molar refractivity (Wildman–Crippen MR) is 102 cm³/mol. The summed E-state index contributed by atoms with van der Waals surface area (Å²) < 4.78 is 0. The van der Waals surface area contributed by atoms with Crippen molar-refractivity contribution >= 4 is 5.91 Å². The van der Waals surface area contributed by atoms with E-state index in [1.54, 1.807) is 4.90 Å². The summed E-state index contributed by atoms with van der Waals surface area (Å²) in [5.74, 6) is 0.425. The van der Waals surface area contributed by atoms with E-state index in [9.17, 15) is 10.1 Å². The lowest BCUT2D eigenvalue weighted by atomic mass is 9.90. The molecular formula is C21H29N3O2. The lowest BCUT2D eigenvalue weighted by Crippen LogP contribution is -2.39. The number of nitrogens with one attached hydrogen (secondary N) is 1. The molecule has 2 N–H and O–H groups in total. The number of aliphatic hydroxyl groups is 1. The van der Waals surface area contributed by atoms with Gasteiger partial charge in [-0.3, -0.25) is 4.79 Å². The van der Waals surface area contributed by atoms with Crippen molar-refractivity contribution in [2.45, 2.75) is 38.5 Å². The number of hydrogen-bond donors (Lipinski definition) is 2. The Morgan fingerprint density at radius 1 is 1.23 bits per heavy atom. The lowest BCUT2D eigenvalue weighted by Gasteiger charge is -2.32. The van der Waals surface area contributed by atoms with E-state index >= 15 is 0 Å². The smallest absolute Gasteiger partial charge is 0.265 e. The van der Waals surface area contributed by atoms with Crippen LogP contribution in [0.15, 0.2) is 42.1 Å². The van der Waals surface area contributed by atoms with Crippen molar-refractivity contribution in [2.24, 2.45) is 5.92 Å². The van der Waals surface area contributed by atoms with Gasteiger partial charge in [-0.15, -0.1) is 0 Å². The van der Waals surface area contributed by atoms with Gasteiger partial charge in [-0.25, -0.2) is 0 Å². The molecule has 1 aromatic rings. The van der Waals surface area contributed by atoms with Crippen LogP contribution in [0.2, 0.25) is 0 Å². The van der Waals surface area contributed by atoms with E-state index in [-0.39, 0.29) is 18.1 Å². The molecule has 5 nitrogen and oxygen atoms in total. The summed E-state index contributed by atoms with van der Waals surface area (Å²) in [5.41, 5.74) is 1.52. The average molecular weight is 355 g/mol. The summed E-state index contributed by atoms with van der Waals surface area (Å²) in [6.07, 6.45) is 7.18. The fourth-order valence-corrected chi connectivity index (χ4v) is 3.29. The second kappa shape index (κ2) is 11.3. The molecule has 1 amide bonds. The monoisotopic (exact) mass is 355 g/mol. The Bertz CT molecular complexity index is 614. The fraction of sp³-hybridized carbons (Fsp3) is 0.524. The van der Waals surface area contributed by atoms with Crippen molar-refractivity contribution in [3.63, 3.8) is 0 Å². The molecule has 2 rings (SSSR count). The van der Waals surface area contributed by atoms with Crippen molar-refractivity contribution in [1.29, 1.82) is 5.26 Å². The van der Waals surface area contributed by atoms with E-state index in [4.69, 9.17) is 5.11 Å². The number of amides is 1. The Morgan fingerprint density at radius 3 is 2.62 bits per heavy atom. The highest BCUT2D eigenvalue weighted by atomic mass is 16.2. The van der Waals surface area contributed by atoms with E-state index in [0.717, 1.165) is 38.5 Å². The minimum Gasteiger partial charge on any atom is -0.396 e. The van der Waals surface area contributed by atoms with Crippen molar-refractivity contribution in [1.82, 2.24) is 10.2 Å². The van der Waals surface area contributed by atoms with E-state index in [1.165, 1.54) is 11.8 Å². The zero-order valence-corrected chi connectivity index (χ0v) is 15.4. The number of aliphatic hydroxyl groups excluding tert-OH is 1. The van der Waals surface area contributed by atoms with Gasteiger partial charge >= 0.3 is 0 Å². The quantitative estimate of drug-likeness (QED) is 0.406. The Kier molecular flexibility index (Phi) is 8.71. The molecule has 0 atom stereocenters. The summed E-state index contributed by atoms with van der Waals surface area (Å²) in [6.45, 7) is 2.34. The third-order valence-electron chi connectivity index (χ3n) is 4.85. The van der Waals surface area contributed by atoms with Crippen molar-refractivity contribution in [3.8, 4) is 6.07 Å². The van der Waals surface area contributed by atoms with Crippen molar-refractivity contribution < 1.29 is 9.90 Å². The molecule has 0 aliphatic carbocycles. The molecule has 1 fully saturated rings. The van der Waals surface area contributed by atoms with E-state index in [2.05, 4.69) is 29.6 Å². The summed E-state index contributed by atoms with van der Waals surface area (Å²) in [4.78, 5) is 14.3. The number of piperidine rings is 1. The molecule has 1 aliphatic rings. The van der Waals surface area contributed by atoms with Gasteiger partial charge in [0.1, 0.15) is 11.6 Å². The van der Waals surface area contributed by atoms with Crippen LogP contribution >= 0.6 is 0 Å². The second-order valence-electron chi connectivity index (χ2n) is 6.83. The minimum atomic E-state index is -0.173. The molecule has 5 heteroatoms. The maximum atomic E-state index is 12.5. The van der Waals surface area contributed by atoms with Crippen LogP contribution in [0.3, 0.4) is 0 Å². The maximum Gasteiger partial charge on any atom is 0.265 e. The summed E-state index contributed by atoms with van der Waals surface area (Å²) in [7, 11) is 0. The lowest BCUT2D eigenvalue weighted by molar-refractivity contribution is -0.128. The SMILES string of the molecule is N#C/C(=C/NCCCCCO)C(=O)N1CCC(Cc2ccccc2)CC1. The van der Waals surface area contributed by atoms with Crippen LogP contribution in [0.1, 0.15) is 37.7 Å². The number of carbonyl (C=O) groups is 1. The Morgan fingerprint density at radius 2 is 1.96 bits per heavy atom. The van der Waals surface area contributed by atoms with Crippen molar-refractivity contribution in [3.05, 3.63) is 47.7 Å². The number of benzene rings is 1. The number of unbranched alkanes of at least 4 members (excludes halogenated alkanes) is 2. The van der Waals surface area contributed by atoms with Crippen LogP contribution < -0.4 is 5.32 Å². The number of likely N-dealkylation sites (tertiary alicyclic amines) is 1. The molecule has 0 unspecified atom stereocenters. The number of nitriles is 1. The van der Waals surface area contributed by atoms with Crippen LogP contribution in [0.25, 0.3) is 0 Å². The number of hydrogen-bond acceptors (Lipinski definition) is 4. The topological polar surface area (TPSA) is 76.4 Å². The minimum absolute atomic E-state index is 0.173. The van der Waals surface area contributed by atoms with Gasteiger partial charge in [0, 0.05) is 32.4 Å². The van der Waals surface area contributed by atoms with E-state index in [1.807, 2.05) is 12.1 Å². The Hall–Kier alpha value is -2.32. The second-order valence-corrected chi connectivity index (χ2v) is 6.83. The zero-order chi connectivity index (χ0) is 18.6. The molecule has 1 saturated heterocycles. The molecule has 0 radical (unpaired) electrons. The van der Waals surface area contributed by atoms with Crippen LogP contribution in [0.5, 0.6) is 0 Å². The molecular weight excluding hydrogens is 326 g/mol. The predicted octanol–water partition coefficient (Wildman–Crippen LogP) is 2.63. The molecule has 0 spiro atoms. The van der Waals surface area contributed by atoms with Gasteiger partial charge in [-0.2, -0.15) is 5.26 Å². The van der Waals surface area contributed by atoms with Gasteiger partial charge in [-0.1, -0.05) is 30.3 Å². The van der Waals surface area contributed by atoms with Crippen LogP contribution in [-0.4, -0.2) is 42.2 Å². The normalized spacial score (nSPS) is 15.5. The third kappa shape index (κ3) is 6.53. The first-order valence-corrected chi connectivity index (χ1v) is 9.52. The Labute approximate surface area is 156 Å². The van der Waals surface area contributed by atoms with E-state index < -0.39 is 0 Å². The first-order valence-electron chi connectivity index (χ1n) is 9.52. The third-order valence-corrected chi connectivity index (χ3v) is 4.85. The molecule has 1 aliphatic heterocycles. The van der Waals surface area contributed by atoms with Gasteiger partial charge in [0.05, 0.1) is 0 Å². The highest BCUT2D eigenvalue weighted by Crippen LogP contribution is 2.22. The number of rotatable bonds is 9. The molecule has 0 bridgehead atoms. The highest BCUT2D eigenvalue weighted by molar-refractivity contribution is 5.97. The number of nitrogens with zero attached hydrogens (tertiary/aromatic N) is 2. The summed E-state index contributed by atoms with van der Waals surface area (Å²) in [6, 6.07) is 12.5. The van der Waals surface area contributed by atoms with E-state index in [0.29, 0.717) is 25.6 Å². The highest BCUT2D eigenvalue weighted by Gasteiger charge is 2.25. The average Bonchev–Trinajstić information content (AvgIpc) is 2.68. The van der Waals surface area contributed by atoms with Gasteiger partial charge in [-0.05, 0) is 50.0 Å². The molecule has 1 aromatic carbocycles. The molecule has 0 saturated carbocycles. The first-order chi connectivity index (χ1) is 12.7. The van der Waals surface area contributed by atoms with Crippen LogP contribution in [0.4, 0.5) is 0 Å². The largest absolute Gasteiger partial charge is 0.396 e. The molecule has 0 aromatic heterocycles. The maximum absolute atomic E-state index is 12.5. The molecule has 1 heterocycles. The molecule has 26 heavy (non-hydrogen) atoms. The standard InChI is InChI=1S/C21H29N3O2/c22-16-20(17-23-11-5-2-6-14-25)21(26)24-12-9-19(10-13-24)15-18-7-3-1-4-8-18/h1,3-4,7-8,17,19,23,25H,2,5-6,9-15H2/b20-17-. The van der Waals surface area contributed by atoms with Gasteiger partial charge in [0.15, 0.2) is 0 Å². The van der Waals surface area contributed by atoms with Gasteiger partial charge < -0.3 is 15.3 Å². The van der Waals surface area contributed by atoms with Gasteiger partial charge in [0.25, 0.3) is 5.91 Å². The molecule has 140 valence electrons. The van der Waals surface area contributed by atoms with Crippen LogP contribution in [-0.2, 0) is 11.2 Å². The fourth-order valence-electron chi connectivity index (χ4n) is 3.29. The first kappa shape index (κ1) is 20.0. The van der Waals surface area contributed by atoms with Crippen molar-refractivity contribution in [2.75, 3.05) is 26.2 Å². The summed E-state index contributed by atoms with van der Waals surface area (Å²) >= 11 is 0. The number of carbonyl (C=O) groups excluding carboxylic acids is 1. The summed E-state index contributed by atoms with van der Waals surface area (Å²) in [5, 5.41) is 21.1. The Balaban J connectivity index is 1.76. The zero-order valence-electron chi connectivity index (χ0n) is 15.4.